The molecule has 0 bridgehead atoms. The predicted octanol–water partition coefficient (Wildman–Crippen LogP) is 3.27. The topological polar surface area (TPSA) is 114 Å². The molecule has 1 aromatic carbocycles. The fraction of sp³-hybridized carbons (Fsp3) is 0.0667. The third kappa shape index (κ3) is 2.90. The van der Waals surface area contributed by atoms with E-state index in [0.717, 1.165) is 35.3 Å². The van der Waals surface area contributed by atoms with Gasteiger partial charge in [-0.2, -0.15) is 18.3 Å². The Morgan fingerprint density at radius 3 is 2.54 bits per heavy atom. The van der Waals surface area contributed by atoms with E-state index >= 15 is 0 Å². The Balaban J connectivity index is 2.23. The lowest BCUT2D eigenvalue weighted by Gasteiger charge is -2.14. The van der Waals surface area contributed by atoms with Gasteiger partial charge in [-0.15, -0.1) is 0 Å². The summed E-state index contributed by atoms with van der Waals surface area (Å²) in [6.45, 7) is 0. The molecule has 134 valence electrons. The number of aromatic hydroxyl groups is 2. The average molecular weight is 366 g/mol. The van der Waals surface area contributed by atoms with Crippen LogP contribution in [0.2, 0.25) is 0 Å². The fourth-order valence-electron chi connectivity index (χ4n) is 2.40. The molecule has 0 atom stereocenters. The van der Waals surface area contributed by atoms with Crippen molar-refractivity contribution in [2.45, 2.75) is 6.18 Å². The van der Waals surface area contributed by atoms with E-state index in [4.69, 9.17) is 0 Å². The minimum atomic E-state index is -4.68. The number of pyridine rings is 1. The summed E-state index contributed by atoms with van der Waals surface area (Å²) in [7, 11) is 0. The van der Waals surface area contributed by atoms with Crippen LogP contribution in [-0.2, 0) is 6.18 Å². The summed E-state index contributed by atoms with van der Waals surface area (Å²) in [5.41, 5.74) is -2.18. The van der Waals surface area contributed by atoms with Gasteiger partial charge in [-0.3, -0.25) is 15.1 Å². The molecule has 0 unspecified atom stereocenters. The lowest BCUT2D eigenvalue weighted by Crippen LogP contribution is -2.12. The van der Waals surface area contributed by atoms with Gasteiger partial charge in [0.25, 0.3) is 0 Å². The molecular weight excluding hydrogens is 357 g/mol. The van der Waals surface area contributed by atoms with Crippen LogP contribution in [0.4, 0.5) is 18.9 Å². The standard InChI is InChI=1S/C15H9F3N4O4/c16-15(17,18)9-1-3-19-7-12(9)21-10(2-4-20-21)8-5-11(22(25)26)14(24)13(23)6-8/h1-7,23-24H. The Morgan fingerprint density at radius 2 is 1.88 bits per heavy atom. The van der Waals surface area contributed by atoms with Gasteiger partial charge in [0.2, 0.25) is 5.75 Å². The molecule has 0 aliphatic carbocycles. The maximum Gasteiger partial charge on any atom is 0.418 e. The van der Waals surface area contributed by atoms with Gasteiger partial charge in [0.15, 0.2) is 5.75 Å². The number of rotatable bonds is 3. The highest BCUT2D eigenvalue weighted by atomic mass is 19.4. The normalized spacial score (nSPS) is 11.5. The van der Waals surface area contributed by atoms with Gasteiger partial charge in [0.1, 0.15) is 0 Å². The van der Waals surface area contributed by atoms with E-state index in [1.165, 1.54) is 12.3 Å². The van der Waals surface area contributed by atoms with E-state index in [-0.39, 0.29) is 11.3 Å². The minimum absolute atomic E-state index is 0.0125. The van der Waals surface area contributed by atoms with E-state index in [2.05, 4.69) is 10.1 Å². The Kier molecular flexibility index (Phi) is 3.98. The Bertz CT molecular complexity index is 1000. The Morgan fingerprint density at radius 1 is 1.15 bits per heavy atom. The second kappa shape index (κ2) is 6.02. The first-order valence-corrected chi connectivity index (χ1v) is 6.96. The van der Waals surface area contributed by atoms with E-state index in [9.17, 15) is 33.5 Å². The van der Waals surface area contributed by atoms with Gasteiger partial charge >= 0.3 is 11.9 Å². The van der Waals surface area contributed by atoms with Crippen molar-refractivity contribution in [3.63, 3.8) is 0 Å². The van der Waals surface area contributed by atoms with Crippen LogP contribution < -0.4 is 0 Å². The van der Waals surface area contributed by atoms with Gasteiger partial charge in [-0.1, -0.05) is 0 Å². The van der Waals surface area contributed by atoms with Gasteiger partial charge in [0, 0.05) is 17.8 Å². The van der Waals surface area contributed by atoms with Gasteiger partial charge in [-0.25, -0.2) is 4.68 Å². The molecule has 0 aliphatic rings. The van der Waals surface area contributed by atoms with E-state index < -0.39 is 39.5 Å². The zero-order valence-electron chi connectivity index (χ0n) is 12.7. The zero-order chi connectivity index (χ0) is 19.1. The lowest BCUT2D eigenvalue weighted by atomic mass is 10.1. The number of hydrogen-bond acceptors (Lipinski definition) is 6. The molecule has 11 heteroatoms. The van der Waals surface area contributed by atoms with Crippen LogP contribution in [0.3, 0.4) is 0 Å². The van der Waals surface area contributed by atoms with Crippen LogP contribution in [0.5, 0.6) is 11.5 Å². The molecule has 0 fully saturated rings. The van der Waals surface area contributed by atoms with Crippen LogP contribution in [-0.4, -0.2) is 29.9 Å². The van der Waals surface area contributed by atoms with Gasteiger partial charge in [0.05, 0.1) is 34.3 Å². The molecule has 0 saturated heterocycles. The van der Waals surface area contributed by atoms with Crippen molar-refractivity contribution in [2.75, 3.05) is 0 Å². The molecule has 8 nitrogen and oxygen atoms in total. The molecule has 0 aliphatic heterocycles. The monoisotopic (exact) mass is 366 g/mol. The summed E-state index contributed by atoms with van der Waals surface area (Å²) >= 11 is 0. The van der Waals surface area contributed by atoms with E-state index in [1.54, 1.807) is 0 Å². The number of aromatic nitrogens is 3. The van der Waals surface area contributed by atoms with Crippen molar-refractivity contribution in [1.29, 1.82) is 0 Å². The number of phenols is 2. The van der Waals surface area contributed by atoms with Crippen LogP contribution in [0.25, 0.3) is 16.9 Å². The van der Waals surface area contributed by atoms with Crippen molar-refractivity contribution >= 4 is 5.69 Å². The van der Waals surface area contributed by atoms with Gasteiger partial charge in [-0.05, 0) is 18.2 Å². The Labute approximate surface area is 142 Å². The minimum Gasteiger partial charge on any atom is -0.504 e. The lowest BCUT2D eigenvalue weighted by molar-refractivity contribution is -0.385. The summed E-state index contributed by atoms with van der Waals surface area (Å²) in [5.74, 6) is -1.73. The summed E-state index contributed by atoms with van der Waals surface area (Å²) in [6.07, 6.45) is -1.55. The number of alkyl halides is 3. The van der Waals surface area contributed by atoms with Crippen molar-refractivity contribution in [2.24, 2.45) is 0 Å². The molecule has 0 radical (unpaired) electrons. The van der Waals surface area contributed by atoms with Crippen molar-refractivity contribution in [1.82, 2.24) is 14.8 Å². The molecule has 0 spiro atoms. The van der Waals surface area contributed by atoms with Crippen molar-refractivity contribution < 1.29 is 28.3 Å². The molecule has 0 amide bonds. The average Bonchev–Trinajstić information content (AvgIpc) is 3.05. The van der Waals surface area contributed by atoms with Crippen LogP contribution >= 0.6 is 0 Å². The summed E-state index contributed by atoms with van der Waals surface area (Å²) in [4.78, 5) is 13.7. The first kappa shape index (κ1) is 17.2. The highest BCUT2D eigenvalue weighted by Crippen LogP contribution is 2.40. The largest absolute Gasteiger partial charge is 0.504 e. The fourth-order valence-corrected chi connectivity index (χ4v) is 2.40. The van der Waals surface area contributed by atoms with E-state index in [1.807, 2.05) is 0 Å². The van der Waals surface area contributed by atoms with Crippen LogP contribution in [0.1, 0.15) is 5.56 Å². The number of halogens is 3. The summed E-state index contributed by atoms with van der Waals surface area (Å²) in [6, 6.07) is 3.99. The number of nitro groups is 1. The molecular formula is C15H9F3N4O4. The van der Waals surface area contributed by atoms with Crippen molar-refractivity contribution in [3.05, 3.63) is 58.5 Å². The second-order valence-corrected chi connectivity index (χ2v) is 5.14. The van der Waals surface area contributed by atoms with Crippen molar-refractivity contribution in [3.8, 4) is 28.4 Å². The first-order valence-electron chi connectivity index (χ1n) is 6.96. The highest BCUT2D eigenvalue weighted by molar-refractivity contribution is 5.71. The highest BCUT2D eigenvalue weighted by Gasteiger charge is 2.34. The third-order valence-electron chi connectivity index (χ3n) is 3.54. The summed E-state index contributed by atoms with van der Waals surface area (Å²) < 4.78 is 40.6. The molecule has 2 aromatic heterocycles. The smallest absolute Gasteiger partial charge is 0.418 e. The molecule has 0 saturated carbocycles. The third-order valence-corrected chi connectivity index (χ3v) is 3.54. The van der Waals surface area contributed by atoms with Crippen LogP contribution in [0.15, 0.2) is 42.9 Å². The molecule has 3 rings (SSSR count). The second-order valence-electron chi connectivity index (χ2n) is 5.14. The molecule has 3 aromatic rings. The Hall–Kier alpha value is -3.63. The van der Waals surface area contributed by atoms with Gasteiger partial charge < -0.3 is 10.2 Å². The maximum atomic E-state index is 13.2. The molecule has 26 heavy (non-hydrogen) atoms. The number of hydrogen-bond donors (Lipinski definition) is 2. The SMILES string of the molecule is O=[N+]([O-])c1cc(-c2ccnn2-c2cnccc2C(F)(F)F)cc(O)c1O. The molecule has 2 N–H and O–H groups in total. The summed E-state index contributed by atoms with van der Waals surface area (Å²) in [5, 5.41) is 34.1. The zero-order valence-corrected chi connectivity index (χ0v) is 12.7. The number of benzene rings is 1. The van der Waals surface area contributed by atoms with E-state index in [0.29, 0.717) is 0 Å². The number of nitro benzene ring substituents is 1. The predicted molar refractivity (Wildman–Crippen MR) is 81.8 cm³/mol. The molecule has 2 heterocycles. The first-order chi connectivity index (χ1) is 12.2. The van der Waals surface area contributed by atoms with Crippen LogP contribution in [0, 0.1) is 10.1 Å². The number of nitrogens with zero attached hydrogens (tertiary/aromatic N) is 4. The number of phenolic OH excluding ortho intramolecular Hbond substituents is 2. The quantitative estimate of drug-likeness (QED) is 0.418. The maximum absolute atomic E-state index is 13.2.